The average molecular weight is 436 g/mol. The highest BCUT2D eigenvalue weighted by molar-refractivity contribution is 7.22. The fourth-order valence-electron chi connectivity index (χ4n) is 2.83. The minimum Gasteiger partial charge on any atom is -0.491 e. The Balaban J connectivity index is 1.43. The number of hydrogen-bond acceptors (Lipinski definition) is 6. The van der Waals surface area contributed by atoms with Gasteiger partial charge in [0.15, 0.2) is 10.9 Å². The molecule has 0 spiro atoms. The van der Waals surface area contributed by atoms with Crippen LogP contribution < -0.4 is 15.4 Å². The van der Waals surface area contributed by atoms with Gasteiger partial charge in [-0.15, -0.1) is 0 Å². The van der Waals surface area contributed by atoms with E-state index >= 15 is 0 Å². The molecule has 2 amide bonds. The summed E-state index contributed by atoms with van der Waals surface area (Å²) in [7, 11) is 0. The van der Waals surface area contributed by atoms with Crippen LogP contribution >= 0.6 is 11.3 Å². The van der Waals surface area contributed by atoms with Crippen molar-refractivity contribution < 1.29 is 18.7 Å². The van der Waals surface area contributed by atoms with Crippen LogP contribution in [0.15, 0.2) is 65.3 Å². The highest BCUT2D eigenvalue weighted by Crippen LogP contribution is 2.29. The molecule has 2 N–H and O–H groups in total. The van der Waals surface area contributed by atoms with Crippen LogP contribution in [-0.4, -0.2) is 22.9 Å². The van der Waals surface area contributed by atoms with E-state index in [1.807, 2.05) is 13.0 Å². The second kappa shape index (κ2) is 9.01. The first-order valence-electron chi connectivity index (χ1n) is 9.85. The maximum absolute atomic E-state index is 12.6. The first-order chi connectivity index (χ1) is 15.0. The van der Waals surface area contributed by atoms with E-state index < -0.39 is 0 Å². The van der Waals surface area contributed by atoms with Gasteiger partial charge in [-0.05, 0) is 67.9 Å². The predicted octanol–water partition coefficient (Wildman–Crippen LogP) is 5.57. The van der Waals surface area contributed by atoms with E-state index in [0.29, 0.717) is 16.4 Å². The molecule has 2 aromatic heterocycles. The second-order valence-corrected chi connectivity index (χ2v) is 7.98. The standard InChI is InChI=1S/C23H21N3O4S/c1-3-14(2)30-17-9-6-15(7-10-17)21(27)24-16-8-11-18-20(13-16)31-23(25-18)26-22(28)19-5-4-12-29-19/h4-14H,3H2,1-2H3,(H,24,27)(H,25,26,28). The van der Waals surface area contributed by atoms with Gasteiger partial charge in [0.2, 0.25) is 0 Å². The molecule has 4 rings (SSSR count). The molecule has 0 saturated heterocycles. The number of carbonyl (C=O) groups excluding carboxylic acids is 2. The molecule has 0 radical (unpaired) electrons. The number of thiazole rings is 1. The van der Waals surface area contributed by atoms with Crippen LogP contribution in [0.5, 0.6) is 5.75 Å². The molecule has 1 atom stereocenters. The van der Waals surface area contributed by atoms with Crippen LogP contribution in [0.2, 0.25) is 0 Å². The maximum atomic E-state index is 12.6. The van der Waals surface area contributed by atoms with Crippen molar-refractivity contribution >= 4 is 44.2 Å². The summed E-state index contributed by atoms with van der Waals surface area (Å²) in [5.74, 6) is 0.373. The van der Waals surface area contributed by atoms with Crippen molar-refractivity contribution in [3.8, 4) is 5.75 Å². The molecule has 0 aliphatic carbocycles. The first-order valence-corrected chi connectivity index (χ1v) is 10.7. The number of rotatable bonds is 7. The van der Waals surface area contributed by atoms with Crippen LogP contribution in [-0.2, 0) is 0 Å². The van der Waals surface area contributed by atoms with E-state index in [-0.39, 0.29) is 23.7 Å². The largest absolute Gasteiger partial charge is 0.491 e. The Morgan fingerprint density at radius 2 is 1.90 bits per heavy atom. The van der Waals surface area contributed by atoms with Crippen molar-refractivity contribution in [3.63, 3.8) is 0 Å². The van der Waals surface area contributed by atoms with Crippen LogP contribution in [0, 0.1) is 0 Å². The topological polar surface area (TPSA) is 93.5 Å². The zero-order valence-electron chi connectivity index (χ0n) is 17.0. The number of amides is 2. The number of aromatic nitrogens is 1. The van der Waals surface area contributed by atoms with Crippen LogP contribution in [0.4, 0.5) is 10.8 Å². The van der Waals surface area contributed by atoms with Gasteiger partial charge in [0, 0.05) is 11.3 Å². The first kappa shape index (κ1) is 20.6. The minimum atomic E-state index is -0.363. The molecule has 0 aliphatic heterocycles. The number of hydrogen-bond donors (Lipinski definition) is 2. The van der Waals surface area contributed by atoms with Crippen molar-refractivity contribution in [1.29, 1.82) is 0 Å². The zero-order valence-corrected chi connectivity index (χ0v) is 17.9. The molecule has 158 valence electrons. The summed E-state index contributed by atoms with van der Waals surface area (Å²) >= 11 is 1.32. The van der Waals surface area contributed by atoms with Crippen molar-refractivity contribution in [3.05, 3.63) is 72.2 Å². The third-order valence-corrected chi connectivity index (χ3v) is 5.57. The van der Waals surface area contributed by atoms with Gasteiger partial charge in [-0.1, -0.05) is 18.3 Å². The monoisotopic (exact) mass is 435 g/mol. The van der Waals surface area contributed by atoms with Crippen molar-refractivity contribution in [1.82, 2.24) is 4.98 Å². The summed E-state index contributed by atoms with van der Waals surface area (Å²) in [5.41, 5.74) is 1.90. The molecule has 0 saturated carbocycles. The van der Waals surface area contributed by atoms with E-state index in [1.54, 1.807) is 48.5 Å². The Kier molecular flexibility index (Phi) is 5.99. The van der Waals surface area contributed by atoms with Gasteiger partial charge in [0.25, 0.3) is 11.8 Å². The number of anilines is 2. The van der Waals surface area contributed by atoms with Gasteiger partial charge >= 0.3 is 0 Å². The fourth-order valence-corrected chi connectivity index (χ4v) is 3.73. The fraction of sp³-hybridized carbons (Fsp3) is 0.174. The smallest absolute Gasteiger partial charge is 0.293 e. The summed E-state index contributed by atoms with van der Waals surface area (Å²) in [6.07, 6.45) is 2.48. The lowest BCUT2D eigenvalue weighted by Gasteiger charge is -2.12. The maximum Gasteiger partial charge on any atom is 0.293 e. The lowest BCUT2D eigenvalue weighted by atomic mass is 10.2. The minimum absolute atomic E-state index is 0.125. The van der Waals surface area contributed by atoms with Crippen molar-refractivity contribution in [2.75, 3.05) is 10.6 Å². The molecule has 4 aromatic rings. The molecule has 0 fully saturated rings. The van der Waals surface area contributed by atoms with Gasteiger partial charge in [0.05, 0.1) is 22.6 Å². The summed E-state index contributed by atoms with van der Waals surface area (Å²) in [4.78, 5) is 29.1. The summed E-state index contributed by atoms with van der Waals surface area (Å²) < 4.78 is 11.7. The Labute approximate surface area is 183 Å². The number of carbonyl (C=O) groups is 2. The molecule has 0 aliphatic rings. The predicted molar refractivity (Wildman–Crippen MR) is 121 cm³/mol. The molecular weight excluding hydrogens is 414 g/mol. The lowest BCUT2D eigenvalue weighted by molar-refractivity contribution is 0.0994. The Morgan fingerprint density at radius 1 is 1.10 bits per heavy atom. The van der Waals surface area contributed by atoms with Crippen molar-refractivity contribution in [2.24, 2.45) is 0 Å². The van der Waals surface area contributed by atoms with Gasteiger partial charge in [-0.2, -0.15) is 0 Å². The van der Waals surface area contributed by atoms with E-state index in [9.17, 15) is 9.59 Å². The Morgan fingerprint density at radius 3 is 2.61 bits per heavy atom. The molecule has 31 heavy (non-hydrogen) atoms. The zero-order chi connectivity index (χ0) is 21.8. The van der Waals surface area contributed by atoms with E-state index in [2.05, 4.69) is 22.5 Å². The number of fused-ring (bicyclic) bond motifs is 1. The van der Waals surface area contributed by atoms with Crippen LogP contribution in [0.25, 0.3) is 10.2 Å². The lowest BCUT2D eigenvalue weighted by Crippen LogP contribution is -2.12. The summed E-state index contributed by atoms with van der Waals surface area (Å²) in [5, 5.41) is 6.06. The normalized spacial score (nSPS) is 11.8. The molecule has 2 heterocycles. The quantitative estimate of drug-likeness (QED) is 0.396. The Bertz CT molecular complexity index is 1200. The molecule has 7 nitrogen and oxygen atoms in total. The van der Waals surface area contributed by atoms with Gasteiger partial charge in [-0.3, -0.25) is 14.9 Å². The van der Waals surface area contributed by atoms with Crippen molar-refractivity contribution in [2.45, 2.75) is 26.4 Å². The summed E-state index contributed by atoms with van der Waals surface area (Å²) in [6.45, 7) is 4.06. The van der Waals surface area contributed by atoms with E-state index in [0.717, 1.165) is 22.4 Å². The number of nitrogens with one attached hydrogen (secondary N) is 2. The van der Waals surface area contributed by atoms with E-state index in [1.165, 1.54) is 17.6 Å². The third-order valence-electron chi connectivity index (χ3n) is 4.64. The Hall–Kier alpha value is -3.65. The highest BCUT2D eigenvalue weighted by atomic mass is 32.1. The molecular formula is C23H21N3O4S. The molecule has 2 aromatic carbocycles. The third kappa shape index (κ3) is 4.92. The number of ether oxygens (including phenoxy) is 1. The van der Waals surface area contributed by atoms with Crippen LogP contribution in [0.3, 0.4) is 0 Å². The van der Waals surface area contributed by atoms with E-state index in [4.69, 9.17) is 9.15 Å². The average Bonchev–Trinajstić information content (AvgIpc) is 3.43. The van der Waals surface area contributed by atoms with Gasteiger partial charge in [-0.25, -0.2) is 4.98 Å². The SMILES string of the molecule is CCC(C)Oc1ccc(C(=O)Nc2ccc3nc(NC(=O)c4ccco4)sc3c2)cc1. The second-order valence-electron chi connectivity index (χ2n) is 6.95. The number of furan rings is 1. The molecule has 1 unspecified atom stereocenters. The molecule has 8 heteroatoms. The highest BCUT2D eigenvalue weighted by Gasteiger charge is 2.13. The molecule has 0 bridgehead atoms. The summed E-state index contributed by atoms with van der Waals surface area (Å²) in [6, 6.07) is 15.7. The number of nitrogens with zero attached hydrogens (tertiary/aromatic N) is 1. The van der Waals surface area contributed by atoms with Gasteiger partial charge in [0.1, 0.15) is 5.75 Å². The van der Waals surface area contributed by atoms with Crippen LogP contribution in [0.1, 0.15) is 41.2 Å². The number of benzene rings is 2. The van der Waals surface area contributed by atoms with Gasteiger partial charge < -0.3 is 14.5 Å².